The maximum absolute atomic E-state index is 5.81. The molecular formula is C24H28N2O3. The van der Waals surface area contributed by atoms with E-state index in [4.69, 9.17) is 14.2 Å². The van der Waals surface area contributed by atoms with E-state index >= 15 is 0 Å². The fourth-order valence-electron chi connectivity index (χ4n) is 4.26. The van der Waals surface area contributed by atoms with Gasteiger partial charge in [-0.2, -0.15) is 0 Å². The molecule has 5 heteroatoms. The number of nitrogens with one attached hydrogen (secondary N) is 1. The van der Waals surface area contributed by atoms with Crippen molar-refractivity contribution < 1.29 is 14.2 Å². The summed E-state index contributed by atoms with van der Waals surface area (Å²) in [6.07, 6.45) is 0. The van der Waals surface area contributed by atoms with E-state index in [1.165, 1.54) is 16.3 Å². The van der Waals surface area contributed by atoms with Gasteiger partial charge in [0.1, 0.15) is 5.75 Å². The van der Waals surface area contributed by atoms with Crippen LogP contribution in [0.15, 0.2) is 54.6 Å². The van der Waals surface area contributed by atoms with Gasteiger partial charge < -0.3 is 19.5 Å². The molecule has 0 bridgehead atoms. The number of hydrogen-bond donors (Lipinski definition) is 1. The second kappa shape index (κ2) is 8.72. The number of rotatable bonds is 6. The van der Waals surface area contributed by atoms with Crippen molar-refractivity contribution in [3.8, 4) is 17.2 Å². The summed E-state index contributed by atoms with van der Waals surface area (Å²) < 4.78 is 16.9. The van der Waals surface area contributed by atoms with Crippen molar-refractivity contribution >= 4 is 10.8 Å². The molecule has 0 aliphatic carbocycles. The Morgan fingerprint density at radius 1 is 0.759 bits per heavy atom. The smallest absolute Gasteiger partial charge is 0.164 e. The van der Waals surface area contributed by atoms with Crippen LogP contribution in [0.4, 0.5) is 0 Å². The van der Waals surface area contributed by atoms with Crippen molar-refractivity contribution in [1.82, 2.24) is 10.2 Å². The Morgan fingerprint density at radius 3 is 2.14 bits per heavy atom. The molecule has 1 aliphatic heterocycles. The van der Waals surface area contributed by atoms with E-state index in [2.05, 4.69) is 58.7 Å². The molecule has 0 saturated carbocycles. The molecule has 3 aromatic carbocycles. The Morgan fingerprint density at radius 2 is 1.41 bits per heavy atom. The van der Waals surface area contributed by atoms with Crippen molar-refractivity contribution in [2.24, 2.45) is 0 Å². The quantitative estimate of drug-likeness (QED) is 0.690. The molecule has 0 amide bonds. The van der Waals surface area contributed by atoms with Crippen molar-refractivity contribution in [2.75, 3.05) is 47.5 Å². The average Bonchev–Trinajstić information content (AvgIpc) is 2.79. The topological polar surface area (TPSA) is 43.0 Å². The first kappa shape index (κ1) is 19.6. The van der Waals surface area contributed by atoms with E-state index in [-0.39, 0.29) is 6.04 Å². The highest BCUT2D eigenvalue weighted by Crippen LogP contribution is 2.43. The molecule has 0 aromatic heterocycles. The first-order valence-corrected chi connectivity index (χ1v) is 9.99. The average molecular weight is 392 g/mol. The molecule has 4 rings (SSSR count). The number of hydrogen-bond acceptors (Lipinski definition) is 5. The van der Waals surface area contributed by atoms with Crippen molar-refractivity contribution in [2.45, 2.75) is 6.04 Å². The van der Waals surface area contributed by atoms with Gasteiger partial charge in [0.25, 0.3) is 0 Å². The van der Waals surface area contributed by atoms with Crippen LogP contribution in [0.25, 0.3) is 10.8 Å². The van der Waals surface area contributed by atoms with Crippen LogP contribution in [0.5, 0.6) is 17.2 Å². The normalized spacial score (nSPS) is 15.8. The Balaban J connectivity index is 1.94. The van der Waals surface area contributed by atoms with Gasteiger partial charge in [-0.25, -0.2) is 0 Å². The highest BCUT2D eigenvalue weighted by Gasteiger charge is 2.29. The molecule has 0 radical (unpaired) electrons. The van der Waals surface area contributed by atoms with E-state index in [1.807, 2.05) is 6.07 Å². The fourth-order valence-corrected chi connectivity index (χ4v) is 4.26. The second-order valence-electron chi connectivity index (χ2n) is 7.21. The van der Waals surface area contributed by atoms with E-state index in [0.29, 0.717) is 11.5 Å². The van der Waals surface area contributed by atoms with Crippen molar-refractivity contribution in [1.29, 1.82) is 0 Å². The number of piperazine rings is 1. The number of benzene rings is 3. The maximum atomic E-state index is 5.81. The van der Waals surface area contributed by atoms with Crippen LogP contribution in [0, 0.1) is 0 Å². The summed E-state index contributed by atoms with van der Waals surface area (Å²) in [6, 6.07) is 19.1. The minimum absolute atomic E-state index is 0.0537. The van der Waals surface area contributed by atoms with Crippen LogP contribution in [-0.2, 0) is 0 Å². The molecule has 29 heavy (non-hydrogen) atoms. The lowest BCUT2D eigenvalue weighted by Crippen LogP contribution is -2.45. The van der Waals surface area contributed by atoms with E-state index in [1.54, 1.807) is 21.3 Å². The van der Waals surface area contributed by atoms with Crippen LogP contribution in [-0.4, -0.2) is 52.4 Å². The molecule has 152 valence electrons. The van der Waals surface area contributed by atoms with Gasteiger partial charge in [0.2, 0.25) is 0 Å². The van der Waals surface area contributed by atoms with Crippen LogP contribution < -0.4 is 19.5 Å². The molecule has 1 N–H and O–H groups in total. The first-order valence-electron chi connectivity index (χ1n) is 9.99. The largest absolute Gasteiger partial charge is 0.496 e. The van der Waals surface area contributed by atoms with Gasteiger partial charge in [0.05, 0.1) is 27.4 Å². The zero-order valence-electron chi connectivity index (χ0n) is 17.3. The number of nitrogens with zero attached hydrogens (tertiary/aromatic N) is 1. The van der Waals surface area contributed by atoms with Crippen LogP contribution in [0.1, 0.15) is 17.2 Å². The van der Waals surface area contributed by atoms with Gasteiger partial charge in [0.15, 0.2) is 11.5 Å². The summed E-state index contributed by atoms with van der Waals surface area (Å²) in [6.45, 7) is 3.87. The Bertz CT molecular complexity index is 978. The van der Waals surface area contributed by atoms with Crippen molar-refractivity contribution in [3.05, 3.63) is 65.7 Å². The molecule has 1 fully saturated rings. The lowest BCUT2D eigenvalue weighted by molar-refractivity contribution is 0.196. The lowest BCUT2D eigenvalue weighted by Gasteiger charge is -2.37. The molecule has 1 aliphatic rings. The third kappa shape index (κ3) is 3.76. The van der Waals surface area contributed by atoms with E-state index in [0.717, 1.165) is 37.5 Å². The molecule has 1 unspecified atom stereocenters. The minimum Gasteiger partial charge on any atom is -0.496 e. The number of fused-ring (bicyclic) bond motifs is 1. The summed E-state index contributed by atoms with van der Waals surface area (Å²) in [5.41, 5.74) is 2.36. The SMILES string of the molecule is COc1cc(OC)c(C(c2cccc3ccccc23)N2CCNCC2)cc1OC. The van der Waals surface area contributed by atoms with E-state index in [9.17, 15) is 0 Å². The predicted octanol–water partition coefficient (Wildman–Crippen LogP) is 3.86. The molecule has 1 atom stereocenters. The first-order chi connectivity index (χ1) is 14.3. The standard InChI is InChI=1S/C24H28N2O3/c1-27-21-16-23(29-3)22(28-2)15-20(21)24(26-13-11-25-12-14-26)19-10-6-8-17-7-4-5-9-18(17)19/h4-10,15-16,24-25H,11-14H2,1-3H3. The summed E-state index contributed by atoms with van der Waals surface area (Å²) in [4.78, 5) is 2.52. The minimum atomic E-state index is 0.0537. The van der Waals surface area contributed by atoms with Crippen LogP contribution in [0.2, 0.25) is 0 Å². The van der Waals surface area contributed by atoms with Crippen LogP contribution >= 0.6 is 0 Å². The molecular weight excluding hydrogens is 364 g/mol. The zero-order chi connectivity index (χ0) is 20.2. The zero-order valence-corrected chi connectivity index (χ0v) is 17.3. The monoisotopic (exact) mass is 392 g/mol. The van der Waals surface area contributed by atoms with Gasteiger partial charge >= 0.3 is 0 Å². The summed E-state index contributed by atoms with van der Waals surface area (Å²) in [5, 5.41) is 5.96. The molecule has 3 aromatic rings. The number of methoxy groups -OCH3 is 3. The van der Waals surface area contributed by atoms with Gasteiger partial charge in [0, 0.05) is 37.8 Å². The Hall–Kier alpha value is -2.76. The lowest BCUT2D eigenvalue weighted by atomic mass is 9.91. The third-order valence-corrected chi connectivity index (χ3v) is 5.67. The molecule has 1 heterocycles. The summed E-state index contributed by atoms with van der Waals surface area (Å²) in [5.74, 6) is 2.19. The van der Waals surface area contributed by atoms with Crippen molar-refractivity contribution in [3.63, 3.8) is 0 Å². The Labute approximate surface area is 172 Å². The van der Waals surface area contributed by atoms with Gasteiger partial charge in [-0.05, 0) is 22.4 Å². The molecule has 0 spiro atoms. The Kier molecular flexibility index (Phi) is 5.88. The second-order valence-corrected chi connectivity index (χ2v) is 7.21. The highest BCUT2D eigenvalue weighted by atomic mass is 16.5. The van der Waals surface area contributed by atoms with E-state index < -0.39 is 0 Å². The third-order valence-electron chi connectivity index (χ3n) is 5.67. The summed E-state index contributed by atoms with van der Waals surface area (Å²) >= 11 is 0. The predicted molar refractivity (Wildman–Crippen MR) is 116 cm³/mol. The van der Waals surface area contributed by atoms with Gasteiger partial charge in [-0.15, -0.1) is 0 Å². The molecule has 5 nitrogen and oxygen atoms in total. The maximum Gasteiger partial charge on any atom is 0.164 e. The van der Waals surface area contributed by atoms with Gasteiger partial charge in [-0.3, -0.25) is 4.90 Å². The summed E-state index contributed by atoms with van der Waals surface area (Å²) in [7, 11) is 5.03. The fraction of sp³-hybridized carbons (Fsp3) is 0.333. The number of ether oxygens (including phenoxy) is 3. The molecule has 1 saturated heterocycles. The highest BCUT2D eigenvalue weighted by molar-refractivity contribution is 5.86. The van der Waals surface area contributed by atoms with Crippen LogP contribution in [0.3, 0.4) is 0 Å². The van der Waals surface area contributed by atoms with Gasteiger partial charge in [-0.1, -0.05) is 42.5 Å².